The molecule has 4 heterocycles. The van der Waals surface area contributed by atoms with Crippen molar-refractivity contribution < 1.29 is 38.5 Å². The Morgan fingerprint density at radius 3 is 2.37 bits per heavy atom. The number of amides is 3. The molecule has 11 nitrogen and oxygen atoms in total. The highest BCUT2D eigenvalue weighted by Gasteiger charge is 2.73. The zero-order valence-electron chi connectivity index (χ0n) is 28.3. The molecule has 4 aliphatic rings. The van der Waals surface area contributed by atoms with Crippen molar-refractivity contribution in [3.63, 3.8) is 0 Å². The van der Waals surface area contributed by atoms with Crippen molar-refractivity contribution in [2.75, 3.05) is 31.8 Å². The number of hydrogen-bond donors (Lipinski definition) is 2. The number of carbonyl (C=O) groups is 4. The lowest BCUT2D eigenvalue weighted by molar-refractivity contribution is -0.146. The minimum atomic E-state index is -1.47. The standard InChI is InChI=1S/C40H41N3O8/c1-49-30-18-16-28(17-19-30)42-22-10-4-9-15-33(45)50-25-31(27-13-7-3-8-14-27)41-37(46)34-32-20-21-40(51-32)35(34)38(47)43(36(40)39(42)48)29(24-44)23-26-11-5-2-6-12-26/h2-8,10-14,16-21,29,31-32,34-36,44H,9,15,22-25H2,1H3,(H,41,46)/b10-4-/t29-,31+,32+,34-,35-,36+,40-/m1/s1. The molecule has 3 aromatic carbocycles. The summed E-state index contributed by atoms with van der Waals surface area (Å²) in [5, 5.41) is 13.9. The third kappa shape index (κ3) is 6.43. The van der Waals surface area contributed by atoms with Crippen LogP contribution in [0.3, 0.4) is 0 Å². The van der Waals surface area contributed by atoms with E-state index in [4.69, 9.17) is 14.2 Å². The zero-order chi connectivity index (χ0) is 35.5. The molecule has 0 unspecified atom stereocenters. The fraction of sp³-hybridized carbons (Fsp3) is 0.350. The summed E-state index contributed by atoms with van der Waals surface area (Å²) in [6.07, 6.45) is 7.12. The van der Waals surface area contributed by atoms with Gasteiger partial charge < -0.3 is 34.4 Å². The number of nitrogens with zero attached hydrogens (tertiary/aromatic N) is 2. The normalized spacial score (nSPS) is 29.0. The van der Waals surface area contributed by atoms with Crippen LogP contribution in [-0.2, 0) is 35.1 Å². The van der Waals surface area contributed by atoms with E-state index in [0.717, 1.165) is 11.1 Å². The Morgan fingerprint density at radius 2 is 1.67 bits per heavy atom. The molecule has 0 aliphatic carbocycles. The number of rotatable bonds is 7. The van der Waals surface area contributed by atoms with Gasteiger partial charge in [-0.2, -0.15) is 0 Å². The van der Waals surface area contributed by atoms with E-state index in [1.54, 1.807) is 54.5 Å². The van der Waals surface area contributed by atoms with Crippen LogP contribution in [0.5, 0.6) is 5.75 Å². The molecule has 0 aromatic heterocycles. The summed E-state index contributed by atoms with van der Waals surface area (Å²) < 4.78 is 17.6. The van der Waals surface area contributed by atoms with Crippen LogP contribution in [0.2, 0.25) is 0 Å². The molecule has 3 amide bonds. The third-order valence-electron chi connectivity index (χ3n) is 10.3. The monoisotopic (exact) mass is 691 g/mol. The Labute approximate surface area is 296 Å². The minimum absolute atomic E-state index is 0.0989. The molecular weight excluding hydrogens is 650 g/mol. The summed E-state index contributed by atoms with van der Waals surface area (Å²) in [6, 6.07) is 23.0. The second-order valence-corrected chi connectivity index (χ2v) is 13.3. The first-order valence-corrected chi connectivity index (χ1v) is 17.3. The molecule has 7 atom stereocenters. The first-order valence-electron chi connectivity index (χ1n) is 17.3. The average Bonchev–Trinajstić information content (AvgIpc) is 3.81. The van der Waals surface area contributed by atoms with Gasteiger partial charge in [-0.3, -0.25) is 19.2 Å². The van der Waals surface area contributed by atoms with Crippen LogP contribution in [0.25, 0.3) is 0 Å². The Balaban J connectivity index is 1.33. The van der Waals surface area contributed by atoms with E-state index >= 15 is 4.79 Å². The van der Waals surface area contributed by atoms with E-state index in [-0.39, 0.29) is 26.0 Å². The van der Waals surface area contributed by atoms with Gasteiger partial charge in [-0.25, -0.2) is 0 Å². The molecule has 2 N–H and O–H groups in total. The number of benzene rings is 3. The average molecular weight is 692 g/mol. The molecule has 0 radical (unpaired) electrons. The SMILES string of the molecule is COc1ccc(N2C/C=C\CCC(=O)OC[C@@H](c3ccccc3)NC(=O)[C@@H]3[C@@H]4C=C[C@]5(O4)[C@H](C2=O)N([C@@H](CO)Cc2ccccc2)C(=O)[C@@H]35)cc1. The van der Waals surface area contributed by atoms with Gasteiger partial charge in [0.2, 0.25) is 11.8 Å². The molecule has 1 spiro atoms. The number of allylic oxidation sites excluding steroid dienone is 1. The minimum Gasteiger partial charge on any atom is -0.497 e. The highest BCUT2D eigenvalue weighted by atomic mass is 16.5. The number of nitrogens with one attached hydrogen (secondary N) is 1. The fourth-order valence-electron chi connectivity index (χ4n) is 7.87. The molecule has 5 bridgehead atoms. The number of aliphatic hydroxyl groups excluding tert-OH is 1. The number of hydrogen-bond acceptors (Lipinski definition) is 8. The fourth-order valence-corrected chi connectivity index (χ4v) is 7.87. The number of methoxy groups -OCH3 is 1. The zero-order valence-corrected chi connectivity index (χ0v) is 28.3. The molecule has 7 rings (SSSR count). The number of carbonyl (C=O) groups excluding carboxylic acids is 4. The van der Waals surface area contributed by atoms with Crippen molar-refractivity contribution in [2.24, 2.45) is 11.8 Å². The molecule has 2 saturated heterocycles. The van der Waals surface area contributed by atoms with Gasteiger partial charge in [0.05, 0.1) is 43.7 Å². The largest absolute Gasteiger partial charge is 0.497 e. The highest BCUT2D eigenvalue weighted by Crippen LogP contribution is 2.56. The molecule has 264 valence electrons. The highest BCUT2D eigenvalue weighted by molar-refractivity contribution is 6.05. The van der Waals surface area contributed by atoms with E-state index < -0.39 is 72.0 Å². The Hall–Kier alpha value is -5.26. The van der Waals surface area contributed by atoms with Crippen molar-refractivity contribution in [3.05, 3.63) is 120 Å². The number of ether oxygens (including phenoxy) is 3. The van der Waals surface area contributed by atoms with E-state index in [2.05, 4.69) is 5.32 Å². The predicted molar refractivity (Wildman–Crippen MR) is 187 cm³/mol. The lowest BCUT2D eigenvalue weighted by atomic mass is 9.74. The summed E-state index contributed by atoms with van der Waals surface area (Å²) in [5.41, 5.74) is 0.693. The summed E-state index contributed by atoms with van der Waals surface area (Å²) in [6.45, 7) is -0.394. The van der Waals surface area contributed by atoms with Crippen LogP contribution in [-0.4, -0.2) is 84.4 Å². The van der Waals surface area contributed by atoms with E-state index in [1.165, 1.54) is 4.90 Å². The lowest BCUT2D eigenvalue weighted by Gasteiger charge is -2.39. The first-order chi connectivity index (χ1) is 24.8. The van der Waals surface area contributed by atoms with E-state index in [9.17, 15) is 19.5 Å². The van der Waals surface area contributed by atoms with Gasteiger partial charge in [0.15, 0.2) is 0 Å². The molecule has 0 saturated carbocycles. The third-order valence-corrected chi connectivity index (χ3v) is 10.3. The van der Waals surface area contributed by atoms with Crippen molar-refractivity contribution >= 4 is 29.4 Å². The van der Waals surface area contributed by atoms with Crippen LogP contribution < -0.4 is 15.0 Å². The van der Waals surface area contributed by atoms with Gasteiger partial charge >= 0.3 is 5.97 Å². The van der Waals surface area contributed by atoms with Gasteiger partial charge in [-0.05, 0) is 48.2 Å². The molecule has 2 fully saturated rings. The summed E-state index contributed by atoms with van der Waals surface area (Å²) >= 11 is 0. The maximum atomic E-state index is 15.2. The van der Waals surface area contributed by atoms with Gasteiger partial charge in [0.1, 0.15) is 24.0 Å². The Kier molecular flexibility index (Phi) is 9.75. The quantitative estimate of drug-likeness (QED) is 0.284. The summed E-state index contributed by atoms with van der Waals surface area (Å²) in [7, 11) is 1.56. The van der Waals surface area contributed by atoms with Gasteiger partial charge in [-0.15, -0.1) is 0 Å². The number of aliphatic hydroxyl groups is 1. The maximum absolute atomic E-state index is 15.2. The van der Waals surface area contributed by atoms with Crippen LogP contribution in [0, 0.1) is 11.8 Å². The molecule has 4 aliphatic heterocycles. The van der Waals surface area contributed by atoms with Gasteiger partial charge in [0.25, 0.3) is 5.91 Å². The number of anilines is 1. The van der Waals surface area contributed by atoms with Crippen LogP contribution in [0.15, 0.2) is 109 Å². The summed E-state index contributed by atoms with van der Waals surface area (Å²) in [4.78, 5) is 60.2. The maximum Gasteiger partial charge on any atom is 0.306 e. The second kappa shape index (κ2) is 14.5. The van der Waals surface area contributed by atoms with Crippen molar-refractivity contribution in [1.82, 2.24) is 10.2 Å². The molecule has 51 heavy (non-hydrogen) atoms. The molecule has 11 heteroatoms. The van der Waals surface area contributed by atoms with Crippen LogP contribution in [0.4, 0.5) is 5.69 Å². The van der Waals surface area contributed by atoms with E-state index in [1.807, 2.05) is 66.7 Å². The second-order valence-electron chi connectivity index (χ2n) is 13.3. The van der Waals surface area contributed by atoms with Gasteiger partial charge in [-0.1, -0.05) is 85.0 Å². The molecular formula is C40H41N3O8. The number of fused-ring (bicyclic) bond motifs is 2. The van der Waals surface area contributed by atoms with Crippen LogP contribution in [0.1, 0.15) is 30.0 Å². The number of esters is 1. The number of likely N-dealkylation sites (tertiary alicyclic amines) is 1. The van der Waals surface area contributed by atoms with Crippen molar-refractivity contribution in [1.29, 1.82) is 0 Å². The van der Waals surface area contributed by atoms with Gasteiger partial charge in [0, 0.05) is 18.7 Å². The smallest absolute Gasteiger partial charge is 0.306 e. The topological polar surface area (TPSA) is 135 Å². The lowest BCUT2D eigenvalue weighted by Crippen LogP contribution is -2.59. The predicted octanol–water partition coefficient (Wildman–Crippen LogP) is 3.53. The molecule has 3 aromatic rings. The Morgan fingerprint density at radius 1 is 0.941 bits per heavy atom. The number of cyclic esters (lactones) is 1. The Bertz CT molecular complexity index is 1810. The van der Waals surface area contributed by atoms with Crippen LogP contribution >= 0.6 is 0 Å². The van der Waals surface area contributed by atoms with Crippen molar-refractivity contribution in [2.45, 2.75) is 49.1 Å². The van der Waals surface area contributed by atoms with Crippen molar-refractivity contribution in [3.8, 4) is 5.75 Å². The first kappa shape index (κ1) is 34.2. The van der Waals surface area contributed by atoms with E-state index in [0.29, 0.717) is 17.9 Å². The summed E-state index contributed by atoms with van der Waals surface area (Å²) in [5.74, 6) is -3.17.